The molecular formula is C23H18F5N3O3. The van der Waals surface area contributed by atoms with Crippen LogP contribution < -0.4 is 5.32 Å². The molecule has 4 rings (SSSR count). The Morgan fingerprint density at radius 1 is 1.06 bits per heavy atom. The zero-order valence-electron chi connectivity index (χ0n) is 17.5. The molecule has 11 heteroatoms. The summed E-state index contributed by atoms with van der Waals surface area (Å²) < 4.78 is 67.2. The number of nitrogens with one attached hydrogen (secondary N) is 2. The van der Waals surface area contributed by atoms with Crippen LogP contribution in [-0.4, -0.2) is 46.0 Å². The number of benzene rings is 2. The minimum Gasteiger partial charge on any atom is -0.394 e. The summed E-state index contributed by atoms with van der Waals surface area (Å²) in [4.78, 5) is 29.7. The summed E-state index contributed by atoms with van der Waals surface area (Å²) in [6, 6.07) is 6.29. The van der Waals surface area contributed by atoms with Gasteiger partial charge in [-0.1, -0.05) is 18.2 Å². The third kappa shape index (κ3) is 4.14. The fraction of sp³-hybridized carbons (Fsp3) is 0.217. The first kappa shape index (κ1) is 23.4. The summed E-state index contributed by atoms with van der Waals surface area (Å²) in [5.41, 5.74) is 1.53. The predicted octanol–water partition coefficient (Wildman–Crippen LogP) is 2.94. The van der Waals surface area contributed by atoms with Crippen LogP contribution in [0.15, 0.2) is 30.3 Å². The average Bonchev–Trinajstić information content (AvgIpc) is 3.22. The first-order chi connectivity index (χ1) is 16.2. The molecule has 178 valence electrons. The van der Waals surface area contributed by atoms with E-state index in [1.165, 1.54) is 4.90 Å². The van der Waals surface area contributed by atoms with Crippen molar-refractivity contribution < 1.29 is 36.6 Å². The molecule has 3 aromatic rings. The van der Waals surface area contributed by atoms with Crippen LogP contribution >= 0.6 is 0 Å². The second kappa shape index (κ2) is 9.26. The number of fused-ring (bicyclic) bond motifs is 3. The standard InChI is InChI=1S/C23H18F5N3O3/c24-18-13(19(25)21(27)22(28)20(18)26)5-6-17(33)30-16(10-32)23(34)31-8-7-12-11-3-1-2-4-14(11)29-15(12)9-31/h1-6,16,29,32H,7-10H2,(H,30,33)/t16-/m0/s1. The van der Waals surface area contributed by atoms with Crippen molar-refractivity contribution in [1.29, 1.82) is 0 Å². The maximum atomic E-state index is 13.7. The van der Waals surface area contributed by atoms with Gasteiger partial charge in [-0.2, -0.15) is 0 Å². The second-order valence-corrected chi connectivity index (χ2v) is 7.70. The van der Waals surface area contributed by atoms with Crippen molar-refractivity contribution in [2.45, 2.75) is 19.0 Å². The van der Waals surface area contributed by atoms with Crippen LogP contribution in [0.5, 0.6) is 0 Å². The van der Waals surface area contributed by atoms with E-state index in [0.29, 0.717) is 25.1 Å². The van der Waals surface area contributed by atoms with Gasteiger partial charge in [-0.25, -0.2) is 22.0 Å². The molecule has 0 fully saturated rings. The van der Waals surface area contributed by atoms with Crippen molar-refractivity contribution in [3.8, 4) is 0 Å². The lowest BCUT2D eigenvalue weighted by molar-refractivity contribution is -0.137. The Bertz CT molecular complexity index is 1290. The van der Waals surface area contributed by atoms with E-state index < -0.39 is 59.1 Å². The van der Waals surface area contributed by atoms with E-state index in [1.54, 1.807) is 0 Å². The fourth-order valence-corrected chi connectivity index (χ4v) is 3.93. The van der Waals surface area contributed by atoms with Gasteiger partial charge in [0.1, 0.15) is 6.04 Å². The number of aromatic amines is 1. The number of hydrogen-bond donors (Lipinski definition) is 3. The van der Waals surface area contributed by atoms with Crippen LogP contribution in [0.4, 0.5) is 22.0 Å². The summed E-state index contributed by atoms with van der Waals surface area (Å²) in [5.74, 6) is -12.5. The number of aliphatic hydroxyl groups is 1. The number of hydrogen-bond acceptors (Lipinski definition) is 3. The second-order valence-electron chi connectivity index (χ2n) is 7.70. The first-order valence-electron chi connectivity index (χ1n) is 10.2. The molecule has 0 radical (unpaired) electrons. The van der Waals surface area contributed by atoms with Gasteiger partial charge in [-0.05, 0) is 24.1 Å². The highest BCUT2D eigenvalue weighted by Crippen LogP contribution is 2.28. The number of halogens is 5. The van der Waals surface area contributed by atoms with E-state index >= 15 is 0 Å². The lowest BCUT2D eigenvalue weighted by Crippen LogP contribution is -2.51. The quantitative estimate of drug-likeness (QED) is 0.228. The molecular weight excluding hydrogens is 461 g/mol. The van der Waals surface area contributed by atoms with E-state index in [1.807, 2.05) is 24.3 Å². The molecule has 1 aromatic heterocycles. The zero-order valence-corrected chi connectivity index (χ0v) is 17.5. The molecule has 0 saturated heterocycles. The predicted molar refractivity (Wildman–Crippen MR) is 112 cm³/mol. The number of para-hydroxylation sites is 1. The Hall–Kier alpha value is -3.73. The molecule has 0 spiro atoms. The smallest absolute Gasteiger partial charge is 0.247 e. The van der Waals surface area contributed by atoms with Crippen LogP contribution in [0.25, 0.3) is 17.0 Å². The Morgan fingerprint density at radius 3 is 2.38 bits per heavy atom. The number of amides is 2. The molecule has 0 aliphatic carbocycles. The van der Waals surface area contributed by atoms with E-state index in [-0.39, 0.29) is 6.54 Å². The number of H-pyrrole nitrogens is 1. The molecule has 2 heterocycles. The SMILES string of the molecule is O=C(C=Cc1c(F)c(F)c(F)c(F)c1F)N[C@@H](CO)C(=O)N1CCc2c([nH]c3ccccc23)C1. The molecule has 6 nitrogen and oxygen atoms in total. The van der Waals surface area contributed by atoms with E-state index in [0.717, 1.165) is 22.2 Å². The van der Waals surface area contributed by atoms with Crippen LogP contribution in [0.2, 0.25) is 0 Å². The molecule has 34 heavy (non-hydrogen) atoms. The van der Waals surface area contributed by atoms with Crippen molar-refractivity contribution >= 4 is 28.8 Å². The lowest BCUT2D eigenvalue weighted by atomic mass is 10.0. The molecule has 1 aliphatic heterocycles. The van der Waals surface area contributed by atoms with Gasteiger partial charge in [0.05, 0.1) is 18.7 Å². The van der Waals surface area contributed by atoms with Crippen LogP contribution in [0.1, 0.15) is 16.8 Å². The van der Waals surface area contributed by atoms with Crippen LogP contribution in [0.3, 0.4) is 0 Å². The highest BCUT2D eigenvalue weighted by atomic mass is 19.2. The topological polar surface area (TPSA) is 85.4 Å². The number of aliphatic hydroxyl groups excluding tert-OH is 1. The first-order valence-corrected chi connectivity index (χ1v) is 10.2. The summed E-state index contributed by atoms with van der Waals surface area (Å²) in [6.45, 7) is -0.215. The molecule has 0 saturated carbocycles. The molecule has 1 atom stereocenters. The highest BCUT2D eigenvalue weighted by molar-refractivity contribution is 5.96. The number of carbonyl (C=O) groups is 2. The largest absolute Gasteiger partial charge is 0.394 e. The zero-order chi connectivity index (χ0) is 24.6. The van der Waals surface area contributed by atoms with Crippen molar-refractivity contribution in [3.63, 3.8) is 0 Å². The Morgan fingerprint density at radius 2 is 1.71 bits per heavy atom. The average molecular weight is 479 g/mol. The summed E-state index contributed by atoms with van der Waals surface area (Å²) in [6.07, 6.45) is 1.47. The van der Waals surface area contributed by atoms with E-state index in [4.69, 9.17) is 0 Å². The molecule has 2 amide bonds. The number of carbonyl (C=O) groups excluding carboxylic acids is 2. The normalized spacial score (nSPS) is 14.5. The van der Waals surface area contributed by atoms with Gasteiger partial charge in [-0.15, -0.1) is 0 Å². The molecule has 0 bridgehead atoms. The number of nitrogens with zero attached hydrogens (tertiary/aromatic N) is 1. The van der Waals surface area contributed by atoms with Gasteiger partial charge in [-0.3, -0.25) is 9.59 Å². The minimum atomic E-state index is -2.32. The van der Waals surface area contributed by atoms with Gasteiger partial charge in [0.2, 0.25) is 17.6 Å². The van der Waals surface area contributed by atoms with Crippen molar-refractivity contribution in [2.75, 3.05) is 13.2 Å². The van der Waals surface area contributed by atoms with E-state index in [2.05, 4.69) is 10.3 Å². The highest BCUT2D eigenvalue weighted by Gasteiger charge is 2.29. The summed E-state index contributed by atoms with van der Waals surface area (Å²) in [5, 5.41) is 12.8. The van der Waals surface area contributed by atoms with Gasteiger partial charge in [0.15, 0.2) is 23.3 Å². The van der Waals surface area contributed by atoms with Crippen LogP contribution in [-0.2, 0) is 22.6 Å². The van der Waals surface area contributed by atoms with Gasteiger partial charge < -0.3 is 20.3 Å². The van der Waals surface area contributed by atoms with Gasteiger partial charge in [0.25, 0.3) is 0 Å². The number of aromatic nitrogens is 1. The fourth-order valence-electron chi connectivity index (χ4n) is 3.93. The van der Waals surface area contributed by atoms with Gasteiger partial charge >= 0.3 is 0 Å². The maximum Gasteiger partial charge on any atom is 0.247 e. The molecule has 2 aromatic carbocycles. The van der Waals surface area contributed by atoms with Crippen molar-refractivity contribution in [2.24, 2.45) is 0 Å². The summed E-state index contributed by atoms with van der Waals surface area (Å²) >= 11 is 0. The van der Waals surface area contributed by atoms with E-state index in [9.17, 15) is 36.6 Å². The third-order valence-electron chi connectivity index (χ3n) is 5.64. The van der Waals surface area contributed by atoms with Crippen molar-refractivity contribution in [1.82, 2.24) is 15.2 Å². The maximum absolute atomic E-state index is 13.7. The third-order valence-corrected chi connectivity index (χ3v) is 5.64. The van der Waals surface area contributed by atoms with Crippen molar-refractivity contribution in [3.05, 3.63) is 76.2 Å². The minimum absolute atomic E-state index is 0.218. The molecule has 0 unspecified atom stereocenters. The van der Waals surface area contributed by atoms with Gasteiger partial charge in [0, 0.05) is 29.2 Å². The Balaban J connectivity index is 1.46. The van der Waals surface area contributed by atoms with Crippen LogP contribution in [0, 0.1) is 29.1 Å². The number of rotatable bonds is 5. The monoisotopic (exact) mass is 479 g/mol. The Kier molecular flexibility index (Phi) is 6.38. The molecule has 3 N–H and O–H groups in total. The lowest BCUT2D eigenvalue weighted by Gasteiger charge is -2.30. The summed E-state index contributed by atoms with van der Waals surface area (Å²) in [7, 11) is 0. The Labute approximate surface area is 189 Å². The molecule has 1 aliphatic rings.